The van der Waals surface area contributed by atoms with Crippen LogP contribution in [0.25, 0.3) is 11.3 Å². The van der Waals surface area contributed by atoms with E-state index in [0.29, 0.717) is 17.1 Å². The molecule has 0 aliphatic heterocycles. The van der Waals surface area contributed by atoms with Crippen molar-refractivity contribution >= 4 is 11.6 Å². The molecule has 3 aromatic rings. The second-order valence-corrected chi connectivity index (χ2v) is 6.37. The fourth-order valence-electron chi connectivity index (χ4n) is 2.46. The van der Waals surface area contributed by atoms with Crippen molar-refractivity contribution < 1.29 is 4.79 Å². The molecular weight excluding hydrogens is 346 g/mol. The zero-order chi connectivity index (χ0) is 19.4. The lowest BCUT2D eigenvalue weighted by Gasteiger charge is -2.09. The fraction of sp³-hybridized carbons (Fsp3) is 0.211. The van der Waals surface area contributed by atoms with Crippen LogP contribution in [0.4, 0.5) is 5.69 Å². The van der Waals surface area contributed by atoms with E-state index in [-0.39, 0.29) is 29.5 Å². The molecule has 0 bridgehead atoms. The molecule has 1 aromatic carbocycles. The number of carbonyl (C=O) groups excluding carboxylic acids is 1. The Hall–Kier alpha value is -3.55. The molecule has 0 saturated carbocycles. The Morgan fingerprint density at radius 1 is 1.15 bits per heavy atom. The lowest BCUT2D eigenvalue weighted by Crippen LogP contribution is -2.28. The first-order valence-corrected chi connectivity index (χ1v) is 8.45. The maximum absolute atomic E-state index is 12.2. The Labute approximate surface area is 154 Å². The summed E-state index contributed by atoms with van der Waals surface area (Å²) in [5.74, 6) is -0.178. The van der Waals surface area contributed by atoms with Crippen molar-refractivity contribution in [3.05, 3.63) is 75.2 Å². The Morgan fingerprint density at radius 3 is 2.48 bits per heavy atom. The monoisotopic (exact) mass is 365 g/mol. The van der Waals surface area contributed by atoms with Gasteiger partial charge in [-0.1, -0.05) is 26.0 Å². The second kappa shape index (κ2) is 7.77. The third-order valence-electron chi connectivity index (χ3n) is 3.95. The predicted octanol–water partition coefficient (Wildman–Crippen LogP) is 1.76. The molecule has 8 heteroatoms. The van der Waals surface area contributed by atoms with Crippen LogP contribution in [0.1, 0.15) is 25.5 Å². The number of benzene rings is 1. The smallest absolute Gasteiger partial charge is 0.264 e. The third-order valence-corrected chi connectivity index (χ3v) is 3.95. The quantitative estimate of drug-likeness (QED) is 0.716. The number of rotatable bonds is 5. The zero-order valence-corrected chi connectivity index (χ0v) is 15.0. The van der Waals surface area contributed by atoms with E-state index < -0.39 is 0 Å². The summed E-state index contributed by atoms with van der Waals surface area (Å²) in [5.41, 5.74) is 2.18. The number of H-pyrrole nitrogens is 1. The molecule has 0 aliphatic carbocycles. The van der Waals surface area contributed by atoms with E-state index in [0.717, 1.165) is 5.56 Å². The van der Waals surface area contributed by atoms with Crippen molar-refractivity contribution in [3.63, 3.8) is 0 Å². The van der Waals surface area contributed by atoms with Gasteiger partial charge in [0.05, 0.1) is 17.7 Å². The average Bonchev–Trinajstić information content (AvgIpc) is 2.64. The molecule has 1 amide bonds. The standard InChI is InChI=1S/C19H19N5O3/c1-12(2)16-9-19(27)24(11-20-16)10-18(26)21-14-5-3-13(4-6-14)15-7-8-17(25)23-22-15/h3-9,11-12H,10H2,1-2H3,(H,21,26)(H,23,25). The number of aromatic amines is 1. The Kier molecular flexibility index (Phi) is 5.25. The van der Waals surface area contributed by atoms with Crippen LogP contribution in [0.2, 0.25) is 0 Å². The summed E-state index contributed by atoms with van der Waals surface area (Å²) in [7, 11) is 0. The normalized spacial score (nSPS) is 10.8. The number of nitrogens with zero attached hydrogens (tertiary/aromatic N) is 3. The van der Waals surface area contributed by atoms with Gasteiger partial charge < -0.3 is 5.32 Å². The first-order valence-electron chi connectivity index (χ1n) is 8.45. The van der Waals surface area contributed by atoms with Crippen LogP contribution in [0.15, 0.2) is 58.4 Å². The minimum Gasteiger partial charge on any atom is -0.325 e. The zero-order valence-electron chi connectivity index (χ0n) is 15.0. The maximum atomic E-state index is 12.2. The van der Waals surface area contributed by atoms with Gasteiger partial charge in [0.15, 0.2) is 0 Å². The summed E-state index contributed by atoms with van der Waals surface area (Å²) >= 11 is 0. The van der Waals surface area contributed by atoms with E-state index >= 15 is 0 Å². The topological polar surface area (TPSA) is 110 Å². The van der Waals surface area contributed by atoms with Gasteiger partial charge in [0.2, 0.25) is 5.91 Å². The van der Waals surface area contributed by atoms with Crippen LogP contribution in [-0.2, 0) is 11.3 Å². The number of hydrogen-bond donors (Lipinski definition) is 2. The number of anilines is 1. The van der Waals surface area contributed by atoms with Gasteiger partial charge >= 0.3 is 0 Å². The lowest BCUT2D eigenvalue weighted by atomic mass is 10.1. The van der Waals surface area contributed by atoms with Crippen LogP contribution >= 0.6 is 0 Å². The molecule has 0 atom stereocenters. The summed E-state index contributed by atoms with van der Waals surface area (Å²) in [4.78, 5) is 39.5. The van der Waals surface area contributed by atoms with Crippen LogP contribution in [-0.4, -0.2) is 25.7 Å². The largest absolute Gasteiger partial charge is 0.325 e. The van der Waals surface area contributed by atoms with Gasteiger partial charge in [-0.15, -0.1) is 0 Å². The molecule has 2 heterocycles. The lowest BCUT2D eigenvalue weighted by molar-refractivity contribution is -0.116. The first kappa shape index (κ1) is 18.2. The molecular formula is C19H19N5O3. The van der Waals surface area contributed by atoms with Crippen LogP contribution in [0.3, 0.4) is 0 Å². The summed E-state index contributed by atoms with van der Waals surface area (Å²) in [6.07, 6.45) is 1.39. The first-order chi connectivity index (χ1) is 12.9. The number of carbonyl (C=O) groups is 1. The molecule has 0 unspecified atom stereocenters. The van der Waals surface area contributed by atoms with Crippen LogP contribution < -0.4 is 16.4 Å². The summed E-state index contributed by atoms with van der Waals surface area (Å²) in [6.45, 7) is 3.78. The molecule has 0 spiro atoms. The Balaban J connectivity index is 1.67. The number of hydrogen-bond acceptors (Lipinski definition) is 5. The highest BCUT2D eigenvalue weighted by molar-refractivity contribution is 5.90. The van der Waals surface area contributed by atoms with Crippen LogP contribution in [0.5, 0.6) is 0 Å². The van der Waals surface area contributed by atoms with E-state index in [1.807, 2.05) is 13.8 Å². The van der Waals surface area contributed by atoms with E-state index in [4.69, 9.17) is 0 Å². The highest BCUT2D eigenvalue weighted by Gasteiger charge is 2.08. The minimum absolute atomic E-state index is 0.118. The van der Waals surface area contributed by atoms with Gasteiger partial charge in [0.1, 0.15) is 6.54 Å². The van der Waals surface area contributed by atoms with Gasteiger partial charge in [0, 0.05) is 23.4 Å². The van der Waals surface area contributed by atoms with Crippen molar-refractivity contribution in [2.24, 2.45) is 0 Å². The van der Waals surface area contributed by atoms with Crippen molar-refractivity contribution in [2.75, 3.05) is 5.32 Å². The molecule has 3 rings (SSSR count). The predicted molar refractivity (Wildman–Crippen MR) is 102 cm³/mol. The molecule has 2 aromatic heterocycles. The molecule has 27 heavy (non-hydrogen) atoms. The average molecular weight is 365 g/mol. The molecule has 0 aliphatic rings. The second-order valence-electron chi connectivity index (χ2n) is 6.37. The minimum atomic E-state index is -0.328. The number of nitrogens with one attached hydrogen (secondary N) is 2. The van der Waals surface area contributed by atoms with E-state index in [1.165, 1.54) is 23.0 Å². The van der Waals surface area contributed by atoms with Gasteiger partial charge in [-0.05, 0) is 24.1 Å². The maximum Gasteiger partial charge on any atom is 0.264 e. The van der Waals surface area contributed by atoms with Crippen molar-refractivity contribution in [1.29, 1.82) is 0 Å². The van der Waals surface area contributed by atoms with Gasteiger partial charge in [0.25, 0.3) is 11.1 Å². The molecule has 0 saturated heterocycles. The summed E-state index contributed by atoms with van der Waals surface area (Å²) in [6, 6.07) is 11.5. The summed E-state index contributed by atoms with van der Waals surface area (Å²) in [5, 5.41) is 9.07. The van der Waals surface area contributed by atoms with E-state index in [2.05, 4.69) is 20.5 Å². The Morgan fingerprint density at radius 2 is 1.89 bits per heavy atom. The van der Waals surface area contributed by atoms with E-state index in [9.17, 15) is 14.4 Å². The highest BCUT2D eigenvalue weighted by atomic mass is 16.2. The fourth-order valence-corrected chi connectivity index (χ4v) is 2.46. The third kappa shape index (κ3) is 4.55. The molecule has 8 nitrogen and oxygen atoms in total. The number of aromatic nitrogens is 4. The van der Waals surface area contributed by atoms with Crippen molar-refractivity contribution in [3.8, 4) is 11.3 Å². The van der Waals surface area contributed by atoms with E-state index in [1.54, 1.807) is 30.3 Å². The molecule has 0 fully saturated rings. The van der Waals surface area contributed by atoms with Crippen molar-refractivity contribution in [1.82, 2.24) is 19.7 Å². The molecule has 0 radical (unpaired) electrons. The van der Waals surface area contributed by atoms with Gasteiger partial charge in [-0.2, -0.15) is 5.10 Å². The molecule has 138 valence electrons. The number of amides is 1. The highest BCUT2D eigenvalue weighted by Crippen LogP contribution is 2.18. The van der Waals surface area contributed by atoms with Gasteiger partial charge in [-0.3, -0.25) is 19.0 Å². The SMILES string of the molecule is CC(C)c1cc(=O)n(CC(=O)Nc2ccc(-c3ccc(=O)[nH]n3)cc2)cn1. The van der Waals surface area contributed by atoms with Crippen LogP contribution in [0, 0.1) is 0 Å². The van der Waals surface area contributed by atoms with Gasteiger partial charge in [-0.25, -0.2) is 10.1 Å². The molecule has 2 N–H and O–H groups in total. The Bertz CT molecular complexity index is 1050. The summed E-state index contributed by atoms with van der Waals surface area (Å²) < 4.78 is 1.26. The van der Waals surface area contributed by atoms with Crippen molar-refractivity contribution in [2.45, 2.75) is 26.3 Å².